The first-order valence-electron chi connectivity index (χ1n) is 10.5. The third-order valence-electron chi connectivity index (χ3n) is 5.84. The van der Waals surface area contributed by atoms with E-state index in [1.807, 2.05) is 12.1 Å². The van der Waals surface area contributed by atoms with Crippen LogP contribution in [0.15, 0.2) is 22.9 Å². The van der Waals surface area contributed by atoms with Crippen LogP contribution in [0.2, 0.25) is 0 Å². The molecule has 7 heteroatoms. The van der Waals surface area contributed by atoms with Gasteiger partial charge in [-0.2, -0.15) is 4.98 Å². The summed E-state index contributed by atoms with van der Waals surface area (Å²) in [4.78, 5) is 11.6. The van der Waals surface area contributed by atoms with Crippen molar-refractivity contribution < 1.29 is 14.0 Å². The molecule has 1 unspecified atom stereocenters. The van der Waals surface area contributed by atoms with Gasteiger partial charge in [0.2, 0.25) is 17.6 Å². The minimum Gasteiger partial charge on any atom is -0.475 e. The average molecular weight is 386 g/mol. The lowest BCUT2D eigenvalue weighted by atomic mass is 9.89. The van der Waals surface area contributed by atoms with Crippen molar-refractivity contribution in [2.75, 3.05) is 33.4 Å². The Labute approximate surface area is 166 Å². The second-order valence-electron chi connectivity index (χ2n) is 7.84. The third-order valence-corrected chi connectivity index (χ3v) is 5.84. The molecule has 0 aromatic carbocycles. The first kappa shape index (κ1) is 19.3. The molecular weight excluding hydrogens is 356 g/mol. The van der Waals surface area contributed by atoms with E-state index < -0.39 is 0 Å². The van der Waals surface area contributed by atoms with Crippen molar-refractivity contribution in [2.45, 2.75) is 51.0 Å². The van der Waals surface area contributed by atoms with Crippen LogP contribution < -0.4 is 4.74 Å². The quantitative estimate of drug-likeness (QED) is 0.638. The molecule has 0 bridgehead atoms. The fourth-order valence-electron chi connectivity index (χ4n) is 4.34. The monoisotopic (exact) mass is 386 g/mol. The molecule has 2 aliphatic rings. The Morgan fingerprint density at radius 2 is 2.00 bits per heavy atom. The first-order valence-corrected chi connectivity index (χ1v) is 10.5. The number of likely N-dealkylation sites (tertiary alicyclic amines) is 1. The highest BCUT2D eigenvalue weighted by Gasteiger charge is 2.32. The van der Waals surface area contributed by atoms with E-state index in [9.17, 15) is 0 Å². The van der Waals surface area contributed by atoms with Crippen LogP contribution in [0, 0.1) is 5.92 Å². The highest BCUT2D eigenvalue weighted by atomic mass is 16.5. The molecule has 152 valence electrons. The molecule has 0 amide bonds. The van der Waals surface area contributed by atoms with E-state index in [1.54, 1.807) is 13.3 Å². The molecule has 0 N–H and O–H groups in total. The van der Waals surface area contributed by atoms with Gasteiger partial charge < -0.3 is 14.0 Å². The topological polar surface area (TPSA) is 73.5 Å². The average Bonchev–Trinajstić information content (AvgIpc) is 3.39. The number of ether oxygens (including phenoxy) is 2. The highest BCUT2D eigenvalue weighted by molar-refractivity contribution is 5.53. The van der Waals surface area contributed by atoms with Gasteiger partial charge in [-0.25, -0.2) is 4.98 Å². The molecule has 0 spiro atoms. The fourth-order valence-corrected chi connectivity index (χ4v) is 4.34. The van der Waals surface area contributed by atoms with Gasteiger partial charge in [-0.05, 0) is 44.2 Å². The van der Waals surface area contributed by atoms with Crippen LogP contribution in [0.5, 0.6) is 5.88 Å². The Balaban J connectivity index is 1.39. The summed E-state index contributed by atoms with van der Waals surface area (Å²) >= 11 is 0. The Hall–Kier alpha value is -1.99. The second-order valence-corrected chi connectivity index (χ2v) is 7.84. The lowest BCUT2D eigenvalue weighted by Gasteiger charge is -2.29. The van der Waals surface area contributed by atoms with Crippen molar-refractivity contribution in [1.29, 1.82) is 0 Å². The Kier molecular flexibility index (Phi) is 6.54. The summed E-state index contributed by atoms with van der Waals surface area (Å²) in [6.07, 6.45) is 10.9. The lowest BCUT2D eigenvalue weighted by molar-refractivity contribution is 0.144. The third kappa shape index (κ3) is 4.70. The zero-order valence-corrected chi connectivity index (χ0v) is 16.7. The van der Waals surface area contributed by atoms with Gasteiger partial charge >= 0.3 is 0 Å². The Morgan fingerprint density at radius 1 is 1.11 bits per heavy atom. The predicted molar refractivity (Wildman–Crippen MR) is 105 cm³/mol. The molecule has 7 nitrogen and oxygen atoms in total. The maximum atomic E-state index is 5.65. The number of hydrogen-bond acceptors (Lipinski definition) is 7. The summed E-state index contributed by atoms with van der Waals surface area (Å²) in [5, 5.41) is 4.20. The van der Waals surface area contributed by atoms with E-state index in [1.165, 1.54) is 38.5 Å². The van der Waals surface area contributed by atoms with E-state index in [0.29, 0.717) is 24.9 Å². The standard InChI is InChI=1S/C21H30N4O3/c1-26-12-13-27-19-10-9-17(14-22-19)20-23-21(28-24-20)18-8-5-11-25(18)15-16-6-3-2-4-7-16/h9-10,14,16,18H,2-8,11-13,15H2,1H3. The van der Waals surface area contributed by atoms with Gasteiger partial charge in [0, 0.05) is 31.5 Å². The molecule has 1 saturated heterocycles. The highest BCUT2D eigenvalue weighted by Crippen LogP contribution is 2.35. The molecule has 1 atom stereocenters. The number of rotatable bonds is 8. The maximum absolute atomic E-state index is 5.65. The number of methoxy groups -OCH3 is 1. The van der Waals surface area contributed by atoms with Crippen LogP contribution in [-0.2, 0) is 4.74 Å². The summed E-state index contributed by atoms with van der Waals surface area (Å²) in [5.41, 5.74) is 0.839. The molecule has 1 aliphatic heterocycles. The van der Waals surface area contributed by atoms with Crippen molar-refractivity contribution in [3.05, 3.63) is 24.2 Å². The normalized spacial score (nSPS) is 21.2. The zero-order chi connectivity index (χ0) is 19.2. The van der Waals surface area contributed by atoms with Gasteiger partial charge in [0.1, 0.15) is 6.61 Å². The number of aromatic nitrogens is 3. The molecule has 2 aromatic rings. The molecule has 1 aliphatic carbocycles. The number of nitrogens with zero attached hydrogens (tertiary/aromatic N) is 4. The molecule has 2 aromatic heterocycles. The van der Waals surface area contributed by atoms with Gasteiger partial charge in [-0.15, -0.1) is 0 Å². The molecule has 2 fully saturated rings. The van der Waals surface area contributed by atoms with Crippen molar-refractivity contribution in [1.82, 2.24) is 20.0 Å². The van der Waals surface area contributed by atoms with Gasteiger partial charge in [-0.1, -0.05) is 24.4 Å². The summed E-state index contributed by atoms with van der Waals surface area (Å²) in [7, 11) is 1.65. The van der Waals surface area contributed by atoms with E-state index in [0.717, 1.165) is 36.9 Å². The molecule has 0 radical (unpaired) electrons. The van der Waals surface area contributed by atoms with E-state index in [2.05, 4.69) is 15.0 Å². The van der Waals surface area contributed by atoms with Gasteiger partial charge in [-0.3, -0.25) is 4.90 Å². The van der Waals surface area contributed by atoms with Crippen LogP contribution in [0.1, 0.15) is 56.9 Å². The van der Waals surface area contributed by atoms with Crippen LogP contribution >= 0.6 is 0 Å². The summed E-state index contributed by atoms with van der Waals surface area (Å²) in [5.74, 6) is 2.73. The van der Waals surface area contributed by atoms with Crippen LogP contribution in [0.25, 0.3) is 11.4 Å². The minimum atomic E-state index is 0.257. The SMILES string of the molecule is COCCOc1ccc(-c2noc(C3CCCN3CC3CCCCC3)n2)cn1. The summed E-state index contributed by atoms with van der Waals surface area (Å²) in [6, 6.07) is 4.00. The Morgan fingerprint density at radius 3 is 2.79 bits per heavy atom. The van der Waals surface area contributed by atoms with E-state index in [-0.39, 0.29) is 6.04 Å². The fraction of sp³-hybridized carbons (Fsp3) is 0.667. The first-order chi connectivity index (χ1) is 13.8. The second kappa shape index (κ2) is 9.47. The van der Waals surface area contributed by atoms with Crippen molar-refractivity contribution in [3.8, 4) is 17.3 Å². The molecule has 4 rings (SSSR count). The largest absolute Gasteiger partial charge is 0.475 e. The lowest BCUT2D eigenvalue weighted by Crippen LogP contribution is -2.30. The summed E-state index contributed by atoms with van der Waals surface area (Å²) < 4.78 is 16.1. The number of pyridine rings is 1. The summed E-state index contributed by atoms with van der Waals surface area (Å²) in [6.45, 7) is 3.31. The maximum Gasteiger partial charge on any atom is 0.244 e. The van der Waals surface area contributed by atoms with Crippen molar-refractivity contribution >= 4 is 0 Å². The van der Waals surface area contributed by atoms with Gasteiger partial charge in [0.25, 0.3) is 0 Å². The molecule has 3 heterocycles. The van der Waals surface area contributed by atoms with Crippen molar-refractivity contribution in [3.63, 3.8) is 0 Å². The zero-order valence-electron chi connectivity index (χ0n) is 16.7. The van der Waals surface area contributed by atoms with E-state index in [4.69, 9.17) is 19.0 Å². The van der Waals surface area contributed by atoms with E-state index >= 15 is 0 Å². The minimum absolute atomic E-state index is 0.257. The molecular formula is C21H30N4O3. The predicted octanol–water partition coefficient (Wildman–Crippen LogP) is 3.87. The smallest absolute Gasteiger partial charge is 0.244 e. The molecule has 1 saturated carbocycles. The molecule has 28 heavy (non-hydrogen) atoms. The van der Waals surface area contributed by atoms with Gasteiger partial charge in [0.05, 0.1) is 12.6 Å². The van der Waals surface area contributed by atoms with Crippen molar-refractivity contribution in [2.24, 2.45) is 5.92 Å². The van der Waals surface area contributed by atoms with Crippen LogP contribution in [0.4, 0.5) is 0 Å². The number of hydrogen-bond donors (Lipinski definition) is 0. The van der Waals surface area contributed by atoms with Crippen LogP contribution in [-0.4, -0.2) is 53.4 Å². The van der Waals surface area contributed by atoms with Gasteiger partial charge in [0.15, 0.2) is 0 Å². The van der Waals surface area contributed by atoms with Crippen LogP contribution in [0.3, 0.4) is 0 Å². The Bertz CT molecular complexity index is 728.